The molecule has 5 nitrogen and oxygen atoms in total. The number of aryl methyl sites for hydroxylation is 1. The van der Waals surface area contributed by atoms with E-state index in [1.54, 1.807) is 0 Å². The summed E-state index contributed by atoms with van der Waals surface area (Å²) in [7, 11) is 0. The summed E-state index contributed by atoms with van der Waals surface area (Å²) in [5.41, 5.74) is 7.30. The lowest BCUT2D eigenvalue weighted by Crippen LogP contribution is -2.26. The monoisotopic (exact) mass is 264 g/mol. The second kappa shape index (κ2) is 6.43. The van der Waals surface area contributed by atoms with Gasteiger partial charge in [-0.15, -0.1) is 0 Å². The number of amidine groups is 1. The fourth-order valence-electron chi connectivity index (χ4n) is 2.15. The number of hydrogen-bond acceptors (Lipinski definition) is 4. The minimum absolute atomic E-state index is 0.0586. The van der Waals surface area contributed by atoms with E-state index in [1.807, 2.05) is 25.1 Å². The fourth-order valence-corrected chi connectivity index (χ4v) is 2.15. The van der Waals surface area contributed by atoms with Crippen LogP contribution in [0.2, 0.25) is 0 Å². The van der Waals surface area contributed by atoms with Gasteiger partial charge in [0.2, 0.25) is 0 Å². The van der Waals surface area contributed by atoms with Gasteiger partial charge in [0.25, 0.3) is 0 Å². The second-order valence-electron chi connectivity index (χ2n) is 4.78. The Morgan fingerprint density at radius 3 is 3.05 bits per heavy atom. The molecule has 104 valence electrons. The first-order valence-electron chi connectivity index (χ1n) is 6.53. The van der Waals surface area contributed by atoms with Crippen LogP contribution < -0.4 is 10.5 Å². The summed E-state index contributed by atoms with van der Waals surface area (Å²) in [5, 5.41) is 11.8. The quantitative estimate of drug-likeness (QED) is 0.377. The molecule has 1 heterocycles. The highest BCUT2D eigenvalue weighted by molar-refractivity contribution is 5.99. The Kier molecular flexibility index (Phi) is 4.63. The number of nitrogens with zero attached hydrogens (tertiary/aromatic N) is 1. The molecule has 1 saturated heterocycles. The Hall–Kier alpha value is -1.75. The largest absolute Gasteiger partial charge is 0.490 e. The molecule has 1 aromatic carbocycles. The van der Waals surface area contributed by atoms with Crippen LogP contribution in [0.5, 0.6) is 5.75 Å². The lowest BCUT2D eigenvalue weighted by Gasteiger charge is -2.23. The smallest absolute Gasteiger partial charge is 0.173 e. The predicted molar refractivity (Wildman–Crippen MR) is 72.8 cm³/mol. The average Bonchev–Trinajstić information content (AvgIpc) is 2.46. The predicted octanol–water partition coefficient (Wildman–Crippen LogP) is 2.04. The first kappa shape index (κ1) is 13.7. The summed E-state index contributed by atoms with van der Waals surface area (Å²) in [6.45, 7) is 3.24. The molecular weight excluding hydrogens is 244 g/mol. The molecule has 0 amide bonds. The fraction of sp³-hybridized carbons (Fsp3) is 0.500. The molecule has 3 N–H and O–H groups in total. The maximum Gasteiger partial charge on any atom is 0.173 e. The maximum atomic E-state index is 8.80. The van der Waals surface area contributed by atoms with E-state index in [0.29, 0.717) is 17.9 Å². The molecule has 19 heavy (non-hydrogen) atoms. The van der Waals surface area contributed by atoms with Crippen molar-refractivity contribution in [1.82, 2.24) is 0 Å². The summed E-state index contributed by atoms with van der Waals surface area (Å²) in [5.74, 6) is 0.679. The van der Waals surface area contributed by atoms with E-state index in [9.17, 15) is 0 Å². The van der Waals surface area contributed by atoms with Gasteiger partial charge in [-0.3, -0.25) is 0 Å². The molecule has 0 spiro atoms. The van der Waals surface area contributed by atoms with Crippen LogP contribution in [0.3, 0.4) is 0 Å². The molecule has 0 saturated carbocycles. The van der Waals surface area contributed by atoms with Crippen LogP contribution in [-0.4, -0.2) is 30.4 Å². The molecule has 2 rings (SSSR count). The van der Waals surface area contributed by atoms with Crippen molar-refractivity contribution in [3.8, 4) is 5.75 Å². The molecule has 0 bridgehead atoms. The lowest BCUT2D eigenvalue weighted by molar-refractivity contribution is -0.0111. The highest BCUT2D eigenvalue weighted by Crippen LogP contribution is 2.21. The average molecular weight is 264 g/mol. The number of hydrogen-bond donors (Lipinski definition) is 2. The van der Waals surface area contributed by atoms with Crippen molar-refractivity contribution in [3.05, 3.63) is 29.3 Å². The molecule has 1 atom stereocenters. The molecule has 1 fully saturated rings. The Bertz CT molecular complexity index is 454. The van der Waals surface area contributed by atoms with Gasteiger partial charge in [-0.25, -0.2) is 0 Å². The normalized spacial score (nSPS) is 20.3. The van der Waals surface area contributed by atoms with Crippen molar-refractivity contribution < 1.29 is 14.7 Å². The molecule has 1 aliphatic rings. The summed E-state index contributed by atoms with van der Waals surface area (Å²) in [6, 6.07) is 5.61. The first-order valence-corrected chi connectivity index (χ1v) is 6.53. The number of rotatable bonds is 4. The van der Waals surface area contributed by atoms with E-state index in [2.05, 4.69) is 5.16 Å². The molecule has 1 aliphatic heterocycles. The number of oxime groups is 1. The van der Waals surface area contributed by atoms with Gasteiger partial charge >= 0.3 is 0 Å². The third-order valence-corrected chi connectivity index (χ3v) is 3.22. The standard InChI is InChI=1S/C14H20N2O3/c1-10-5-6-13(12(8-10)14(15)16-17)19-9-11-4-2-3-7-18-11/h5-6,8,11,17H,2-4,7,9H2,1H3,(H2,15,16). The van der Waals surface area contributed by atoms with Gasteiger partial charge in [-0.05, 0) is 38.3 Å². The molecule has 0 aromatic heterocycles. The molecule has 0 aliphatic carbocycles. The molecule has 1 unspecified atom stereocenters. The molecular formula is C14H20N2O3. The van der Waals surface area contributed by atoms with E-state index >= 15 is 0 Å². The molecule has 5 heteroatoms. The molecule has 1 aromatic rings. The lowest BCUT2D eigenvalue weighted by atomic mass is 10.1. The van der Waals surface area contributed by atoms with Gasteiger partial charge in [0.1, 0.15) is 12.4 Å². The number of benzene rings is 1. The van der Waals surface area contributed by atoms with Gasteiger partial charge < -0.3 is 20.4 Å². The van der Waals surface area contributed by atoms with Crippen molar-refractivity contribution in [2.24, 2.45) is 10.9 Å². The summed E-state index contributed by atoms with van der Waals surface area (Å²) >= 11 is 0. The van der Waals surface area contributed by atoms with Crippen LogP contribution in [0.1, 0.15) is 30.4 Å². The van der Waals surface area contributed by atoms with E-state index < -0.39 is 0 Å². The Morgan fingerprint density at radius 1 is 1.53 bits per heavy atom. The van der Waals surface area contributed by atoms with Crippen molar-refractivity contribution in [2.45, 2.75) is 32.3 Å². The van der Waals surface area contributed by atoms with Gasteiger partial charge in [-0.1, -0.05) is 16.8 Å². The van der Waals surface area contributed by atoms with Crippen LogP contribution in [0, 0.1) is 6.92 Å². The van der Waals surface area contributed by atoms with Crippen LogP contribution in [-0.2, 0) is 4.74 Å². The van der Waals surface area contributed by atoms with Crippen LogP contribution >= 0.6 is 0 Å². The van der Waals surface area contributed by atoms with Gasteiger partial charge in [0.05, 0.1) is 11.7 Å². The van der Waals surface area contributed by atoms with E-state index in [4.69, 9.17) is 20.4 Å². The van der Waals surface area contributed by atoms with Crippen LogP contribution in [0.4, 0.5) is 0 Å². The van der Waals surface area contributed by atoms with Gasteiger partial charge in [-0.2, -0.15) is 0 Å². The van der Waals surface area contributed by atoms with E-state index in [-0.39, 0.29) is 11.9 Å². The highest BCUT2D eigenvalue weighted by Gasteiger charge is 2.16. The Balaban J connectivity index is 2.06. The zero-order valence-corrected chi connectivity index (χ0v) is 11.1. The maximum absolute atomic E-state index is 8.80. The van der Waals surface area contributed by atoms with Crippen molar-refractivity contribution in [2.75, 3.05) is 13.2 Å². The van der Waals surface area contributed by atoms with Crippen LogP contribution in [0.25, 0.3) is 0 Å². The SMILES string of the molecule is Cc1ccc(OCC2CCCCO2)c(/C(N)=N/O)c1. The topological polar surface area (TPSA) is 77.1 Å². The van der Waals surface area contributed by atoms with E-state index in [0.717, 1.165) is 25.0 Å². The molecule has 0 radical (unpaired) electrons. The number of nitrogens with two attached hydrogens (primary N) is 1. The van der Waals surface area contributed by atoms with Gasteiger partial charge in [0, 0.05) is 6.61 Å². The van der Waals surface area contributed by atoms with Gasteiger partial charge in [0.15, 0.2) is 5.84 Å². The number of ether oxygens (including phenoxy) is 2. The second-order valence-corrected chi connectivity index (χ2v) is 4.78. The van der Waals surface area contributed by atoms with Crippen molar-refractivity contribution in [1.29, 1.82) is 0 Å². The zero-order valence-electron chi connectivity index (χ0n) is 11.1. The summed E-state index contributed by atoms with van der Waals surface area (Å²) < 4.78 is 11.4. The minimum atomic E-state index is 0.0586. The van der Waals surface area contributed by atoms with Crippen molar-refractivity contribution in [3.63, 3.8) is 0 Å². The zero-order chi connectivity index (χ0) is 13.7. The summed E-state index contributed by atoms with van der Waals surface area (Å²) in [4.78, 5) is 0. The summed E-state index contributed by atoms with van der Waals surface area (Å²) in [6.07, 6.45) is 3.45. The first-order chi connectivity index (χ1) is 9.20. The third kappa shape index (κ3) is 3.61. The minimum Gasteiger partial charge on any atom is -0.490 e. The Morgan fingerprint density at radius 2 is 2.37 bits per heavy atom. The third-order valence-electron chi connectivity index (χ3n) is 3.22. The van der Waals surface area contributed by atoms with Crippen molar-refractivity contribution >= 4 is 5.84 Å². The Labute approximate surface area is 113 Å². The highest BCUT2D eigenvalue weighted by atomic mass is 16.5. The van der Waals surface area contributed by atoms with Crippen LogP contribution in [0.15, 0.2) is 23.4 Å². The van der Waals surface area contributed by atoms with E-state index in [1.165, 1.54) is 6.42 Å².